The van der Waals surface area contributed by atoms with E-state index in [4.69, 9.17) is 44.8 Å². The van der Waals surface area contributed by atoms with Crippen molar-refractivity contribution in [3.63, 3.8) is 0 Å². The van der Waals surface area contributed by atoms with Gasteiger partial charge in [0.2, 0.25) is 0 Å². The molecule has 0 atom stereocenters. The summed E-state index contributed by atoms with van der Waals surface area (Å²) in [4.78, 5) is 0. The number of hydrogen-bond acceptors (Lipinski definition) is 5. The second-order valence-corrected chi connectivity index (χ2v) is 20.5. The first-order chi connectivity index (χ1) is 3.81. The topological polar surface area (TPSA) is 0 Å². The molecule has 0 aliphatic heterocycles. The molecule has 0 saturated carbocycles. The van der Waals surface area contributed by atoms with Gasteiger partial charge < -0.3 is 0 Å². The van der Waals surface area contributed by atoms with Crippen molar-refractivity contribution in [3.05, 3.63) is 0 Å². The van der Waals surface area contributed by atoms with Crippen molar-refractivity contribution in [1.29, 1.82) is 0 Å². The second-order valence-electron chi connectivity index (χ2n) is 1.02. The van der Waals surface area contributed by atoms with Crippen LogP contribution in [-0.4, -0.2) is 5.43 Å². The predicted octanol–water partition coefficient (Wildman–Crippen LogP) is 0.633. The van der Waals surface area contributed by atoms with E-state index in [1.807, 2.05) is 0 Å². The van der Waals surface area contributed by atoms with E-state index in [2.05, 4.69) is 23.7 Å². The minimum absolute atomic E-state index is 1.32. The Hall–Kier alpha value is 2.21. The number of hydrogen-bond donors (Lipinski definition) is 1. The van der Waals surface area contributed by atoms with Gasteiger partial charge in [-0.2, -0.15) is 0 Å². The SMILES string of the molecule is S=BS(=S)(=S)S(=S)(=S)S. The fraction of sp³-hybridized carbons (Fsp3) is 0. The van der Waals surface area contributed by atoms with Gasteiger partial charge in [0.1, 0.15) is 0 Å². The Balaban J connectivity index is 5.33. The van der Waals surface area contributed by atoms with Crippen molar-refractivity contribution in [2.24, 2.45) is 0 Å². The summed E-state index contributed by atoms with van der Waals surface area (Å²) >= 11 is 27.9. The van der Waals surface area contributed by atoms with E-state index in [0.717, 1.165) is 0 Å². The van der Waals surface area contributed by atoms with Crippen LogP contribution in [-0.2, 0) is 56.0 Å². The molecule has 52 valence electrons. The Morgan fingerprint density at radius 3 is 1.44 bits per heavy atom. The monoisotopic (exact) mass is 268 g/mol. The molecule has 0 aliphatic rings. The summed E-state index contributed by atoms with van der Waals surface area (Å²) < 4.78 is 0. The van der Waals surface area contributed by atoms with E-state index >= 15 is 0 Å². The Morgan fingerprint density at radius 2 is 1.44 bits per heavy atom. The standard InChI is InChI=1S/BHS8/c2-1-8(3,4)9(5,6)7/h(H,5,6,7). The van der Waals surface area contributed by atoms with Gasteiger partial charge in [-0.3, -0.25) is 0 Å². The summed E-state index contributed by atoms with van der Waals surface area (Å²) in [5.41, 5.74) is 1.32. The van der Waals surface area contributed by atoms with Gasteiger partial charge in [0.25, 0.3) is 0 Å². The maximum absolute atomic E-state index is 4.87. The first-order valence-electron chi connectivity index (χ1n) is 1.49. The molecule has 0 saturated heterocycles. The zero-order valence-corrected chi connectivity index (χ0v) is 10.5. The van der Waals surface area contributed by atoms with Crippen LogP contribution in [0.5, 0.6) is 0 Å². The summed E-state index contributed by atoms with van der Waals surface area (Å²) in [6, 6.07) is -1.90. The molecule has 0 spiro atoms. The van der Waals surface area contributed by atoms with Crippen molar-refractivity contribution in [2.45, 2.75) is 0 Å². The van der Waals surface area contributed by atoms with Crippen LogP contribution in [0.25, 0.3) is 0 Å². The molecule has 0 radical (unpaired) electrons. The Bertz CT molecular complexity index is 283. The quantitative estimate of drug-likeness (QED) is 0.442. The van der Waals surface area contributed by atoms with Gasteiger partial charge in [0.05, 0.1) is 0 Å². The molecule has 9 heteroatoms. The summed E-state index contributed by atoms with van der Waals surface area (Å²) in [7, 11) is 0. The maximum atomic E-state index is 4.87. The van der Waals surface area contributed by atoms with Gasteiger partial charge >= 0.3 is 85.1 Å². The third-order valence-corrected chi connectivity index (χ3v) is 20.4. The first kappa shape index (κ1) is 11.2. The molecular weight excluding hydrogens is 267 g/mol. The Labute approximate surface area is 84.0 Å². The second kappa shape index (κ2) is 3.75. The van der Waals surface area contributed by atoms with Gasteiger partial charge in [-0.05, 0) is 0 Å². The average Bonchev–Trinajstić information content (AvgIpc) is 1.64. The van der Waals surface area contributed by atoms with Crippen LogP contribution in [0.2, 0.25) is 0 Å². The van der Waals surface area contributed by atoms with E-state index in [9.17, 15) is 0 Å². The van der Waals surface area contributed by atoms with Gasteiger partial charge in [-0.1, -0.05) is 0 Å². The van der Waals surface area contributed by atoms with Crippen LogP contribution >= 0.6 is 23.7 Å². The van der Waals surface area contributed by atoms with Crippen molar-refractivity contribution >= 4 is 85.1 Å². The normalized spacial score (nSPS) is 12.6. The molecule has 0 heterocycles. The Kier molecular flexibility index (Phi) is 4.67. The summed E-state index contributed by atoms with van der Waals surface area (Å²) in [5, 5.41) is -1.94. The zero-order valence-electron chi connectivity index (χ0n) is 3.88. The molecule has 0 fully saturated rings. The summed E-state index contributed by atoms with van der Waals surface area (Å²) in [6.45, 7) is 0. The van der Waals surface area contributed by atoms with Crippen molar-refractivity contribution in [2.75, 3.05) is 0 Å². The molecule has 0 amide bonds. The third-order valence-electron chi connectivity index (χ3n) is 0.411. The number of thiol groups is 1. The van der Waals surface area contributed by atoms with E-state index in [0.29, 0.717) is 0 Å². The Morgan fingerprint density at radius 1 is 1.11 bits per heavy atom. The molecule has 0 aromatic carbocycles. The van der Waals surface area contributed by atoms with Crippen molar-refractivity contribution < 1.29 is 0 Å². The molecule has 0 nitrogen and oxygen atoms in total. The van der Waals surface area contributed by atoms with Crippen molar-refractivity contribution in [3.8, 4) is 0 Å². The molecule has 0 bridgehead atoms. The van der Waals surface area contributed by atoms with E-state index < -0.39 is 11.2 Å². The van der Waals surface area contributed by atoms with Gasteiger partial charge in [-0.25, -0.2) is 0 Å². The van der Waals surface area contributed by atoms with Crippen molar-refractivity contribution in [1.82, 2.24) is 0 Å². The molecule has 0 aliphatic carbocycles. The molecule has 0 unspecified atom stereocenters. The van der Waals surface area contributed by atoms with Gasteiger partial charge in [0, 0.05) is 0 Å². The molecule has 9 heavy (non-hydrogen) atoms. The molecule has 0 aromatic heterocycles. The fourth-order valence-corrected chi connectivity index (χ4v) is 4.02. The summed E-state index contributed by atoms with van der Waals surface area (Å²) in [6.07, 6.45) is 0. The van der Waals surface area contributed by atoms with Crippen LogP contribution in [0.4, 0.5) is 0 Å². The van der Waals surface area contributed by atoms with Crippen LogP contribution in [0.1, 0.15) is 0 Å². The van der Waals surface area contributed by atoms with Crippen LogP contribution in [0, 0.1) is 0 Å². The first-order valence-corrected chi connectivity index (χ1v) is 10.6. The fourth-order valence-electron chi connectivity index (χ4n) is 0.0496. The zero-order chi connectivity index (χ0) is 7.71. The summed E-state index contributed by atoms with van der Waals surface area (Å²) in [5.74, 6) is 0. The third kappa shape index (κ3) is 3.41. The van der Waals surface area contributed by atoms with E-state index in [1.54, 1.807) is 0 Å². The molecule has 0 N–H and O–H groups in total. The van der Waals surface area contributed by atoms with Crippen LogP contribution in [0.15, 0.2) is 0 Å². The van der Waals surface area contributed by atoms with Crippen LogP contribution < -0.4 is 0 Å². The van der Waals surface area contributed by atoms with E-state index in [-0.39, 0.29) is 0 Å². The molecule has 0 rings (SSSR count). The predicted molar refractivity (Wildman–Crippen MR) is 66.5 cm³/mol. The molecule has 0 aromatic rings. The molecular formula is HBS8. The van der Waals surface area contributed by atoms with E-state index in [1.165, 1.54) is 5.43 Å². The number of rotatable bonds is 2. The van der Waals surface area contributed by atoms with Gasteiger partial charge in [-0.15, -0.1) is 0 Å². The van der Waals surface area contributed by atoms with Crippen LogP contribution in [0.3, 0.4) is 0 Å². The average molecular weight is 268 g/mol. The minimum atomic E-state index is -1.94. The van der Waals surface area contributed by atoms with Gasteiger partial charge in [0.15, 0.2) is 0 Å².